The molecule has 3 aromatic rings. The summed E-state index contributed by atoms with van der Waals surface area (Å²) in [6, 6.07) is 7.37. The fourth-order valence-corrected chi connectivity index (χ4v) is 2.65. The summed E-state index contributed by atoms with van der Waals surface area (Å²) in [5, 5.41) is 12.7. The highest BCUT2D eigenvalue weighted by Gasteiger charge is 2.39. The second-order valence-corrected chi connectivity index (χ2v) is 5.84. The molecule has 0 saturated heterocycles. The maximum Gasteiger partial charge on any atom is 0.280 e. The van der Waals surface area contributed by atoms with Crippen molar-refractivity contribution in [1.29, 1.82) is 0 Å². The lowest BCUT2D eigenvalue weighted by atomic mass is 9.77. The van der Waals surface area contributed by atoms with E-state index in [1.807, 2.05) is 18.2 Å². The van der Waals surface area contributed by atoms with E-state index in [-0.39, 0.29) is 0 Å². The number of nitrogens with two attached hydrogens (primary N) is 1. The molecule has 2 aromatic heterocycles. The van der Waals surface area contributed by atoms with Gasteiger partial charge < -0.3 is 10.3 Å². The molecule has 4 rings (SSSR count). The van der Waals surface area contributed by atoms with E-state index in [2.05, 4.69) is 20.5 Å². The number of hydrogen-bond acceptors (Lipinski definition) is 6. The van der Waals surface area contributed by atoms with Crippen LogP contribution in [0.3, 0.4) is 0 Å². The molecule has 0 unspecified atom stereocenters. The molecule has 0 aliphatic heterocycles. The third kappa shape index (κ3) is 2.10. The van der Waals surface area contributed by atoms with E-state index >= 15 is 0 Å². The summed E-state index contributed by atoms with van der Waals surface area (Å²) in [6.07, 6.45) is 4.53. The lowest BCUT2D eigenvalue weighted by molar-refractivity contribution is 0.229. The summed E-state index contributed by atoms with van der Waals surface area (Å²) in [4.78, 5) is 4.35. The Kier molecular flexibility index (Phi) is 2.98. The van der Waals surface area contributed by atoms with Crippen molar-refractivity contribution < 1.29 is 4.52 Å². The SMILES string of the molecule is NC1(c2noc(-c3cn(-c4ccccc4Cl)nn3)n2)CCC1. The van der Waals surface area contributed by atoms with Gasteiger partial charge in [-0.05, 0) is 31.4 Å². The Morgan fingerprint density at radius 3 is 2.82 bits per heavy atom. The molecule has 1 aromatic carbocycles. The van der Waals surface area contributed by atoms with Gasteiger partial charge in [0, 0.05) is 0 Å². The first-order valence-corrected chi connectivity index (χ1v) is 7.34. The van der Waals surface area contributed by atoms with Gasteiger partial charge in [-0.3, -0.25) is 0 Å². The minimum atomic E-state index is -0.458. The number of benzene rings is 1. The van der Waals surface area contributed by atoms with Crippen molar-refractivity contribution in [3.8, 4) is 17.3 Å². The molecule has 0 bridgehead atoms. The zero-order chi connectivity index (χ0) is 15.2. The van der Waals surface area contributed by atoms with Crippen LogP contribution in [0, 0.1) is 0 Å². The van der Waals surface area contributed by atoms with Gasteiger partial charge in [0.1, 0.15) is 0 Å². The third-order valence-electron chi connectivity index (χ3n) is 3.93. The molecule has 8 heteroatoms. The number of aromatic nitrogens is 5. The van der Waals surface area contributed by atoms with Gasteiger partial charge in [0.05, 0.1) is 22.4 Å². The van der Waals surface area contributed by atoms with Crippen LogP contribution in [0.5, 0.6) is 0 Å². The zero-order valence-electron chi connectivity index (χ0n) is 11.6. The predicted molar refractivity (Wildman–Crippen MR) is 79.4 cm³/mol. The van der Waals surface area contributed by atoms with Crippen LogP contribution in [-0.4, -0.2) is 25.1 Å². The van der Waals surface area contributed by atoms with E-state index in [1.54, 1.807) is 16.9 Å². The maximum absolute atomic E-state index is 6.19. The third-order valence-corrected chi connectivity index (χ3v) is 4.25. The molecule has 2 N–H and O–H groups in total. The lowest BCUT2D eigenvalue weighted by Gasteiger charge is -2.34. The standard InChI is InChI=1S/C14H13ClN6O/c15-9-4-1-2-5-11(9)21-8-10(18-20-21)12-17-13(19-22-12)14(16)6-3-7-14/h1-2,4-5,8H,3,6-7,16H2. The molecule has 1 aliphatic rings. The Morgan fingerprint density at radius 2 is 2.09 bits per heavy atom. The van der Waals surface area contributed by atoms with Crippen LogP contribution in [-0.2, 0) is 5.54 Å². The van der Waals surface area contributed by atoms with Crippen molar-refractivity contribution in [2.75, 3.05) is 0 Å². The van der Waals surface area contributed by atoms with E-state index in [4.69, 9.17) is 21.9 Å². The van der Waals surface area contributed by atoms with Crippen molar-refractivity contribution in [2.45, 2.75) is 24.8 Å². The van der Waals surface area contributed by atoms with Crippen LogP contribution in [0.15, 0.2) is 35.0 Å². The molecule has 1 saturated carbocycles. The van der Waals surface area contributed by atoms with Gasteiger partial charge in [-0.15, -0.1) is 5.10 Å². The molecule has 0 radical (unpaired) electrons. The highest BCUT2D eigenvalue weighted by atomic mass is 35.5. The van der Waals surface area contributed by atoms with Crippen molar-refractivity contribution in [3.63, 3.8) is 0 Å². The van der Waals surface area contributed by atoms with Crippen molar-refractivity contribution >= 4 is 11.6 Å². The van der Waals surface area contributed by atoms with Crippen molar-refractivity contribution in [2.24, 2.45) is 5.73 Å². The average molecular weight is 317 g/mol. The molecule has 1 aliphatic carbocycles. The Morgan fingerprint density at radius 1 is 1.27 bits per heavy atom. The smallest absolute Gasteiger partial charge is 0.280 e. The van der Waals surface area contributed by atoms with Gasteiger partial charge in [-0.1, -0.05) is 34.1 Å². The van der Waals surface area contributed by atoms with Crippen LogP contribution < -0.4 is 5.73 Å². The summed E-state index contributed by atoms with van der Waals surface area (Å²) in [5.41, 5.74) is 6.95. The fraction of sp³-hybridized carbons (Fsp3) is 0.286. The second kappa shape index (κ2) is 4.89. The predicted octanol–water partition coefficient (Wildman–Crippen LogP) is 2.31. The van der Waals surface area contributed by atoms with Gasteiger partial charge in [-0.25, -0.2) is 4.68 Å². The quantitative estimate of drug-likeness (QED) is 0.796. The Balaban J connectivity index is 1.66. The Labute approximate surface area is 131 Å². The normalized spacial score (nSPS) is 16.5. The molecular formula is C14H13ClN6O. The summed E-state index contributed by atoms with van der Waals surface area (Å²) in [7, 11) is 0. The topological polar surface area (TPSA) is 95.7 Å². The largest absolute Gasteiger partial charge is 0.332 e. The summed E-state index contributed by atoms with van der Waals surface area (Å²) in [6.45, 7) is 0. The monoisotopic (exact) mass is 316 g/mol. The zero-order valence-corrected chi connectivity index (χ0v) is 12.4. The highest BCUT2D eigenvalue weighted by molar-refractivity contribution is 6.32. The highest BCUT2D eigenvalue weighted by Crippen LogP contribution is 2.37. The molecule has 0 spiro atoms. The van der Waals surface area contributed by atoms with Gasteiger partial charge in [0.2, 0.25) is 0 Å². The Hall–Kier alpha value is -2.25. The van der Waals surface area contributed by atoms with E-state index in [0.29, 0.717) is 22.4 Å². The van der Waals surface area contributed by atoms with Crippen LogP contribution in [0.1, 0.15) is 25.1 Å². The molecule has 7 nitrogen and oxygen atoms in total. The summed E-state index contributed by atoms with van der Waals surface area (Å²) < 4.78 is 6.83. The first-order valence-electron chi connectivity index (χ1n) is 6.96. The summed E-state index contributed by atoms with van der Waals surface area (Å²) in [5.74, 6) is 0.839. The van der Waals surface area contributed by atoms with Crippen molar-refractivity contribution in [3.05, 3.63) is 41.3 Å². The van der Waals surface area contributed by atoms with E-state index in [0.717, 1.165) is 24.9 Å². The average Bonchev–Trinajstić information content (AvgIpc) is 3.14. The van der Waals surface area contributed by atoms with E-state index in [9.17, 15) is 0 Å². The first kappa shape index (κ1) is 13.4. The van der Waals surface area contributed by atoms with Crippen LogP contribution >= 0.6 is 11.6 Å². The van der Waals surface area contributed by atoms with Crippen LogP contribution in [0.25, 0.3) is 17.3 Å². The summed E-state index contributed by atoms with van der Waals surface area (Å²) >= 11 is 6.15. The number of hydrogen-bond donors (Lipinski definition) is 1. The van der Waals surface area contributed by atoms with Gasteiger partial charge >= 0.3 is 0 Å². The second-order valence-electron chi connectivity index (χ2n) is 5.43. The van der Waals surface area contributed by atoms with Crippen LogP contribution in [0.2, 0.25) is 5.02 Å². The Bertz CT molecular complexity index is 822. The number of nitrogens with zero attached hydrogens (tertiary/aromatic N) is 5. The molecular weight excluding hydrogens is 304 g/mol. The molecule has 112 valence electrons. The van der Waals surface area contributed by atoms with E-state index in [1.165, 1.54) is 0 Å². The minimum Gasteiger partial charge on any atom is -0.332 e. The van der Waals surface area contributed by atoms with Crippen LogP contribution in [0.4, 0.5) is 0 Å². The van der Waals surface area contributed by atoms with Gasteiger partial charge in [0.15, 0.2) is 11.5 Å². The number of halogens is 1. The first-order chi connectivity index (χ1) is 10.7. The lowest BCUT2D eigenvalue weighted by Crippen LogP contribution is -2.44. The number of para-hydroxylation sites is 1. The van der Waals surface area contributed by atoms with Crippen molar-refractivity contribution in [1.82, 2.24) is 25.1 Å². The van der Waals surface area contributed by atoms with E-state index < -0.39 is 5.54 Å². The minimum absolute atomic E-state index is 0.310. The van der Waals surface area contributed by atoms with Gasteiger partial charge in [0.25, 0.3) is 5.89 Å². The fourth-order valence-electron chi connectivity index (χ4n) is 2.43. The number of rotatable bonds is 3. The molecule has 22 heavy (non-hydrogen) atoms. The van der Waals surface area contributed by atoms with Gasteiger partial charge in [-0.2, -0.15) is 4.98 Å². The molecule has 2 heterocycles. The maximum atomic E-state index is 6.19. The molecule has 0 amide bonds. The molecule has 0 atom stereocenters. The molecule has 1 fully saturated rings.